The molecule has 0 radical (unpaired) electrons. The zero-order valence-electron chi connectivity index (χ0n) is 19.2. The summed E-state index contributed by atoms with van der Waals surface area (Å²) in [6.07, 6.45) is 0.283. The highest BCUT2D eigenvalue weighted by Gasteiger charge is 2.26. The Bertz CT molecular complexity index is 1170. The number of carbonyl (C=O) groups is 2. The molecule has 1 saturated heterocycles. The fraction of sp³-hybridized carbons (Fsp3) is 0.346. The lowest BCUT2D eigenvalue weighted by Crippen LogP contribution is -2.51. The highest BCUT2D eigenvalue weighted by atomic mass is 16.2. The zero-order chi connectivity index (χ0) is 23.4. The summed E-state index contributed by atoms with van der Waals surface area (Å²) < 4.78 is 0. The van der Waals surface area contributed by atoms with Gasteiger partial charge in [0, 0.05) is 49.3 Å². The molecule has 4 rings (SSSR count). The van der Waals surface area contributed by atoms with Crippen LogP contribution in [0.1, 0.15) is 28.0 Å². The van der Waals surface area contributed by atoms with Gasteiger partial charge in [-0.05, 0) is 49.2 Å². The minimum atomic E-state index is -0.0242. The number of aromatic nitrogens is 1. The van der Waals surface area contributed by atoms with Crippen molar-refractivity contribution < 1.29 is 9.59 Å². The molecule has 0 spiro atoms. The molecule has 1 N–H and O–H groups in total. The molecule has 0 atom stereocenters. The second kappa shape index (κ2) is 9.88. The van der Waals surface area contributed by atoms with Crippen LogP contribution in [0.25, 0.3) is 10.9 Å². The number of nitrogens with one attached hydrogen (secondary N) is 1. The Morgan fingerprint density at radius 3 is 2.48 bits per heavy atom. The molecule has 1 aliphatic rings. The smallest absolute Gasteiger partial charge is 0.270 e. The van der Waals surface area contributed by atoms with Crippen molar-refractivity contribution in [2.75, 3.05) is 44.2 Å². The molecule has 0 bridgehead atoms. The number of para-hydroxylation sites is 1. The summed E-state index contributed by atoms with van der Waals surface area (Å²) in [6, 6.07) is 17.8. The fourth-order valence-electron chi connectivity index (χ4n) is 4.20. The predicted octanol–water partition coefficient (Wildman–Crippen LogP) is 3.49. The summed E-state index contributed by atoms with van der Waals surface area (Å²) in [4.78, 5) is 34.9. The van der Waals surface area contributed by atoms with Gasteiger partial charge in [-0.25, -0.2) is 0 Å². The van der Waals surface area contributed by atoms with E-state index in [1.807, 2.05) is 67.3 Å². The number of hydrogen-bond acceptors (Lipinski definition) is 4. The number of nitriles is 1. The van der Waals surface area contributed by atoms with E-state index in [9.17, 15) is 9.59 Å². The Hall–Kier alpha value is -3.63. The number of anilines is 1. The lowest BCUT2D eigenvalue weighted by molar-refractivity contribution is -0.120. The van der Waals surface area contributed by atoms with Gasteiger partial charge in [-0.15, -0.1) is 0 Å². The first-order valence-corrected chi connectivity index (χ1v) is 11.3. The van der Waals surface area contributed by atoms with Crippen LogP contribution in [0.15, 0.2) is 48.5 Å². The number of hydrogen-bond donors (Lipinski definition) is 1. The lowest BCUT2D eigenvalue weighted by atomic mass is 10.1. The van der Waals surface area contributed by atoms with Crippen LogP contribution in [0.2, 0.25) is 0 Å². The van der Waals surface area contributed by atoms with Gasteiger partial charge < -0.3 is 14.8 Å². The van der Waals surface area contributed by atoms with Crippen molar-refractivity contribution in [2.24, 2.45) is 0 Å². The predicted molar refractivity (Wildman–Crippen MR) is 129 cm³/mol. The van der Waals surface area contributed by atoms with Crippen molar-refractivity contribution in [3.8, 4) is 6.07 Å². The second-order valence-electron chi connectivity index (χ2n) is 8.56. The molecule has 2 aromatic carbocycles. The molecule has 0 aliphatic carbocycles. The number of nitrogens with zero attached hydrogens (tertiary/aromatic N) is 4. The van der Waals surface area contributed by atoms with Gasteiger partial charge in [0.05, 0.1) is 19.0 Å². The third-order valence-electron chi connectivity index (χ3n) is 6.33. The summed E-state index contributed by atoms with van der Waals surface area (Å²) >= 11 is 0. The Morgan fingerprint density at radius 1 is 1.03 bits per heavy atom. The van der Waals surface area contributed by atoms with E-state index in [0.29, 0.717) is 38.4 Å². The quantitative estimate of drug-likeness (QED) is 0.632. The Kier molecular flexibility index (Phi) is 6.76. The summed E-state index contributed by atoms with van der Waals surface area (Å²) in [5, 5.41) is 10.1. The Balaban J connectivity index is 1.37. The van der Waals surface area contributed by atoms with Crippen LogP contribution < -0.4 is 4.90 Å². The van der Waals surface area contributed by atoms with Crippen LogP contribution >= 0.6 is 0 Å². The summed E-state index contributed by atoms with van der Waals surface area (Å²) in [5.41, 5.74) is 4.66. The van der Waals surface area contributed by atoms with Gasteiger partial charge in [0.15, 0.2) is 0 Å². The summed E-state index contributed by atoms with van der Waals surface area (Å²) in [7, 11) is 0. The van der Waals surface area contributed by atoms with Crippen LogP contribution in [-0.2, 0) is 4.79 Å². The highest BCUT2D eigenvalue weighted by molar-refractivity contribution is 5.98. The average Bonchev–Trinajstić information content (AvgIpc) is 3.26. The van der Waals surface area contributed by atoms with Crippen LogP contribution in [-0.4, -0.2) is 65.9 Å². The van der Waals surface area contributed by atoms with Crippen molar-refractivity contribution in [3.63, 3.8) is 0 Å². The van der Waals surface area contributed by atoms with Gasteiger partial charge in [-0.2, -0.15) is 5.26 Å². The number of aromatic amines is 1. The molecule has 33 heavy (non-hydrogen) atoms. The third-order valence-corrected chi connectivity index (χ3v) is 6.33. The molecular weight excluding hydrogens is 414 g/mol. The molecule has 1 aromatic heterocycles. The first-order valence-electron chi connectivity index (χ1n) is 11.3. The number of rotatable bonds is 6. The molecule has 0 saturated carbocycles. The molecule has 1 aliphatic heterocycles. The highest BCUT2D eigenvalue weighted by Crippen LogP contribution is 2.20. The Morgan fingerprint density at radius 2 is 1.79 bits per heavy atom. The first kappa shape index (κ1) is 22.6. The molecule has 1 fully saturated rings. The van der Waals surface area contributed by atoms with Crippen molar-refractivity contribution >= 4 is 28.4 Å². The fourth-order valence-corrected chi connectivity index (χ4v) is 4.20. The van der Waals surface area contributed by atoms with E-state index in [-0.39, 0.29) is 24.8 Å². The topological polar surface area (TPSA) is 83.4 Å². The number of benzene rings is 2. The monoisotopic (exact) mass is 443 g/mol. The number of fused-ring (bicyclic) bond motifs is 1. The second-order valence-corrected chi connectivity index (χ2v) is 8.56. The average molecular weight is 444 g/mol. The summed E-state index contributed by atoms with van der Waals surface area (Å²) in [6.45, 7) is 7.12. The van der Waals surface area contributed by atoms with Gasteiger partial charge in [-0.1, -0.05) is 24.3 Å². The number of amides is 2. The molecule has 7 heteroatoms. The first-order chi connectivity index (χ1) is 16.0. The maximum Gasteiger partial charge on any atom is 0.270 e. The van der Waals surface area contributed by atoms with Crippen LogP contribution in [0.5, 0.6) is 0 Å². The molecule has 2 amide bonds. The van der Waals surface area contributed by atoms with Crippen LogP contribution in [0.4, 0.5) is 5.69 Å². The van der Waals surface area contributed by atoms with Gasteiger partial charge in [-0.3, -0.25) is 14.5 Å². The van der Waals surface area contributed by atoms with Crippen molar-refractivity contribution in [1.82, 2.24) is 14.8 Å². The van der Waals surface area contributed by atoms with E-state index < -0.39 is 0 Å². The van der Waals surface area contributed by atoms with Gasteiger partial charge >= 0.3 is 0 Å². The molecular formula is C26H29N5O2. The SMILES string of the molecule is Cc1ccc(N(CCC#N)C(=O)CN2CCN(C(=O)c3cc4ccccc4[nH]3)CC2)cc1C. The number of carbonyl (C=O) groups excluding carboxylic acids is 2. The molecule has 3 aromatic rings. The standard InChI is InChI=1S/C26H29N5O2/c1-19-8-9-22(16-20(19)2)31(11-5-10-27)25(32)18-29-12-14-30(15-13-29)26(33)24-17-21-6-3-4-7-23(21)28-24/h3-4,6-9,16-17,28H,5,11-15,18H2,1-2H3. The molecule has 7 nitrogen and oxygen atoms in total. The molecule has 170 valence electrons. The maximum absolute atomic E-state index is 13.1. The minimum Gasteiger partial charge on any atom is -0.351 e. The molecule has 2 heterocycles. The lowest BCUT2D eigenvalue weighted by Gasteiger charge is -2.35. The van der Waals surface area contributed by atoms with Crippen molar-refractivity contribution in [3.05, 3.63) is 65.4 Å². The zero-order valence-corrected chi connectivity index (χ0v) is 19.2. The van der Waals surface area contributed by atoms with E-state index in [4.69, 9.17) is 5.26 Å². The van der Waals surface area contributed by atoms with Crippen LogP contribution in [0, 0.1) is 25.2 Å². The van der Waals surface area contributed by atoms with Gasteiger partial charge in [0.1, 0.15) is 5.69 Å². The van der Waals surface area contributed by atoms with E-state index in [1.165, 1.54) is 5.56 Å². The summed E-state index contributed by atoms with van der Waals surface area (Å²) in [5.74, 6) is -0.0353. The number of aryl methyl sites for hydroxylation is 2. The van der Waals surface area contributed by atoms with Gasteiger partial charge in [0.2, 0.25) is 5.91 Å². The molecule has 0 unspecified atom stereocenters. The normalized spacial score (nSPS) is 14.3. The minimum absolute atomic E-state index is 0.0112. The van der Waals surface area contributed by atoms with E-state index in [1.54, 1.807) is 4.90 Å². The van der Waals surface area contributed by atoms with Crippen molar-refractivity contribution in [1.29, 1.82) is 5.26 Å². The third kappa shape index (κ3) is 5.07. The van der Waals surface area contributed by atoms with E-state index in [0.717, 1.165) is 22.2 Å². The van der Waals surface area contributed by atoms with E-state index in [2.05, 4.69) is 16.0 Å². The Labute approximate surface area is 194 Å². The van der Waals surface area contributed by atoms with Crippen LogP contribution in [0.3, 0.4) is 0 Å². The number of piperazine rings is 1. The largest absolute Gasteiger partial charge is 0.351 e. The maximum atomic E-state index is 13.1. The van der Waals surface area contributed by atoms with Gasteiger partial charge in [0.25, 0.3) is 5.91 Å². The van der Waals surface area contributed by atoms with Crippen molar-refractivity contribution in [2.45, 2.75) is 20.3 Å². The van der Waals surface area contributed by atoms with E-state index >= 15 is 0 Å². The number of H-pyrrole nitrogens is 1.